The van der Waals surface area contributed by atoms with E-state index in [-0.39, 0.29) is 5.57 Å². The molecule has 0 bridgehead atoms. The van der Waals surface area contributed by atoms with E-state index in [4.69, 9.17) is 0 Å². The largest absolute Gasteiger partial charge is 0.212 e. The molecule has 3 rings (SSSR count). The third-order valence-corrected chi connectivity index (χ3v) is 3.76. The molecule has 0 saturated carbocycles. The zero-order valence-electron chi connectivity index (χ0n) is 12.5. The van der Waals surface area contributed by atoms with Crippen LogP contribution in [-0.4, -0.2) is 0 Å². The molecule has 0 fully saturated rings. The maximum atomic E-state index is 9.31. The summed E-state index contributed by atoms with van der Waals surface area (Å²) in [6.07, 6.45) is 1.97. The lowest BCUT2D eigenvalue weighted by atomic mass is 10.0. The minimum absolute atomic E-state index is 0.150. The molecule has 3 heteroatoms. The fraction of sp³-hybridized carbons (Fsp3) is 0.0500. The van der Waals surface area contributed by atoms with Gasteiger partial charge in [-0.25, -0.2) is 0 Å². The van der Waals surface area contributed by atoms with Crippen molar-refractivity contribution >= 4 is 16.5 Å². The van der Waals surface area contributed by atoms with Crippen LogP contribution in [0.1, 0.15) is 5.56 Å². The second kappa shape index (κ2) is 6.56. The topological polar surface area (TPSA) is 51.5 Å². The summed E-state index contributed by atoms with van der Waals surface area (Å²) in [5.41, 5.74) is 2.85. The van der Waals surface area contributed by atoms with Gasteiger partial charge in [0.05, 0.1) is 5.57 Å². The highest BCUT2D eigenvalue weighted by Crippen LogP contribution is 2.19. The van der Waals surface area contributed by atoms with Crippen LogP contribution in [0.5, 0.6) is 0 Å². The number of para-hydroxylation sites is 1. The third-order valence-electron chi connectivity index (χ3n) is 3.76. The molecule has 2 aromatic carbocycles. The van der Waals surface area contributed by atoms with Crippen LogP contribution in [0.2, 0.25) is 0 Å². The van der Waals surface area contributed by atoms with Gasteiger partial charge in [-0.2, -0.15) is 15.1 Å². The van der Waals surface area contributed by atoms with Crippen LogP contribution >= 0.6 is 0 Å². The van der Waals surface area contributed by atoms with E-state index in [9.17, 15) is 10.5 Å². The number of fused-ring (bicyclic) bond motifs is 1. The van der Waals surface area contributed by atoms with Crippen molar-refractivity contribution in [3.63, 3.8) is 0 Å². The fourth-order valence-electron chi connectivity index (χ4n) is 2.64. The standard InChI is InChI=1S/C20H14N3/c21-13-18(14-22)19(16-7-2-1-3-8-16)15-23-12-6-10-17-9-4-5-11-20(17)23/h1-12H,15H2/q+1. The Labute approximate surface area is 135 Å². The van der Waals surface area contributed by atoms with Gasteiger partial charge >= 0.3 is 0 Å². The molecule has 0 atom stereocenters. The lowest BCUT2D eigenvalue weighted by Crippen LogP contribution is -2.35. The van der Waals surface area contributed by atoms with Crippen molar-refractivity contribution < 1.29 is 4.57 Å². The summed E-state index contributed by atoms with van der Waals surface area (Å²) in [6, 6.07) is 25.7. The van der Waals surface area contributed by atoms with E-state index in [1.54, 1.807) is 0 Å². The number of aromatic nitrogens is 1. The summed E-state index contributed by atoms with van der Waals surface area (Å²) in [5.74, 6) is 0. The number of benzene rings is 2. The predicted octanol–water partition coefficient (Wildman–Crippen LogP) is 3.63. The maximum absolute atomic E-state index is 9.31. The van der Waals surface area contributed by atoms with E-state index < -0.39 is 0 Å². The van der Waals surface area contributed by atoms with Gasteiger partial charge in [0.2, 0.25) is 5.52 Å². The van der Waals surface area contributed by atoms with Gasteiger partial charge in [-0.1, -0.05) is 42.5 Å². The van der Waals surface area contributed by atoms with E-state index in [1.807, 2.05) is 85.1 Å². The summed E-state index contributed by atoms with van der Waals surface area (Å²) >= 11 is 0. The Hall–Kier alpha value is -3.43. The second-order valence-corrected chi connectivity index (χ2v) is 5.14. The smallest absolute Gasteiger partial charge is 0.194 e. The van der Waals surface area contributed by atoms with Crippen molar-refractivity contribution in [3.05, 3.63) is 84.1 Å². The molecule has 0 aliphatic heterocycles. The summed E-state index contributed by atoms with van der Waals surface area (Å²) in [4.78, 5) is 0. The molecule has 3 nitrogen and oxygen atoms in total. The van der Waals surface area contributed by atoms with Gasteiger partial charge in [0.1, 0.15) is 17.7 Å². The summed E-state index contributed by atoms with van der Waals surface area (Å²) in [7, 11) is 0. The highest BCUT2D eigenvalue weighted by Gasteiger charge is 2.16. The molecular formula is C20H14N3+. The molecule has 108 valence electrons. The van der Waals surface area contributed by atoms with Gasteiger partial charge in [-0.05, 0) is 17.7 Å². The molecule has 0 amide bonds. The summed E-state index contributed by atoms with van der Waals surface area (Å²) < 4.78 is 2.06. The van der Waals surface area contributed by atoms with Crippen molar-refractivity contribution in [2.45, 2.75) is 6.54 Å². The van der Waals surface area contributed by atoms with Crippen LogP contribution < -0.4 is 4.57 Å². The lowest BCUT2D eigenvalue weighted by Gasteiger charge is -2.06. The van der Waals surface area contributed by atoms with Crippen molar-refractivity contribution in [3.8, 4) is 12.1 Å². The number of hydrogen-bond acceptors (Lipinski definition) is 2. The molecule has 0 aliphatic carbocycles. The minimum Gasteiger partial charge on any atom is -0.194 e. The normalized spacial score (nSPS) is 9.83. The van der Waals surface area contributed by atoms with E-state index in [0.29, 0.717) is 6.54 Å². The van der Waals surface area contributed by atoms with Crippen LogP contribution in [-0.2, 0) is 6.54 Å². The highest BCUT2D eigenvalue weighted by atomic mass is 14.9. The van der Waals surface area contributed by atoms with Crippen LogP contribution in [0.15, 0.2) is 78.5 Å². The molecular weight excluding hydrogens is 282 g/mol. The van der Waals surface area contributed by atoms with Gasteiger partial charge in [0, 0.05) is 17.5 Å². The Morgan fingerprint density at radius 1 is 0.826 bits per heavy atom. The van der Waals surface area contributed by atoms with Gasteiger partial charge in [-0.3, -0.25) is 0 Å². The minimum atomic E-state index is 0.150. The zero-order chi connectivity index (χ0) is 16.1. The van der Waals surface area contributed by atoms with E-state index in [2.05, 4.69) is 4.57 Å². The molecule has 0 saturated heterocycles. The Kier molecular flexibility index (Phi) is 4.13. The molecule has 0 unspecified atom stereocenters. The molecule has 0 spiro atoms. The van der Waals surface area contributed by atoms with E-state index >= 15 is 0 Å². The van der Waals surface area contributed by atoms with Crippen molar-refractivity contribution in [2.75, 3.05) is 0 Å². The molecule has 3 aromatic rings. The van der Waals surface area contributed by atoms with E-state index in [1.165, 1.54) is 0 Å². The molecule has 1 aromatic heterocycles. The third kappa shape index (κ3) is 2.95. The maximum Gasteiger partial charge on any atom is 0.212 e. The van der Waals surface area contributed by atoms with Crippen molar-refractivity contribution in [1.29, 1.82) is 10.5 Å². The van der Waals surface area contributed by atoms with Crippen molar-refractivity contribution in [1.82, 2.24) is 0 Å². The fourth-order valence-corrected chi connectivity index (χ4v) is 2.64. The first-order valence-electron chi connectivity index (χ1n) is 7.29. The monoisotopic (exact) mass is 296 g/mol. The average Bonchev–Trinajstić information content (AvgIpc) is 2.63. The first kappa shape index (κ1) is 14.5. The van der Waals surface area contributed by atoms with Crippen LogP contribution in [0.3, 0.4) is 0 Å². The molecule has 1 heterocycles. The number of nitriles is 2. The Morgan fingerprint density at radius 2 is 1.48 bits per heavy atom. The lowest BCUT2D eigenvalue weighted by molar-refractivity contribution is -0.658. The van der Waals surface area contributed by atoms with E-state index in [0.717, 1.165) is 22.0 Å². The SMILES string of the molecule is N#CC(C#N)=C(C[n+]1cccc2ccccc21)c1ccccc1. The summed E-state index contributed by atoms with van der Waals surface area (Å²) in [6.45, 7) is 0.474. The Balaban J connectivity index is 2.15. The van der Waals surface area contributed by atoms with Gasteiger partial charge in [0.25, 0.3) is 0 Å². The Morgan fingerprint density at radius 3 is 2.22 bits per heavy atom. The first-order chi connectivity index (χ1) is 11.3. The van der Waals surface area contributed by atoms with Gasteiger partial charge in [-0.15, -0.1) is 0 Å². The van der Waals surface area contributed by atoms with Gasteiger partial charge < -0.3 is 0 Å². The van der Waals surface area contributed by atoms with Gasteiger partial charge in [0.15, 0.2) is 12.7 Å². The summed E-state index contributed by atoms with van der Waals surface area (Å²) in [5, 5.41) is 19.7. The van der Waals surface area contributed by atoms with Crippen LogP contribution in [0.4, 0.5) is 0 Å². The van der Waals surface area contributed by atoms with Crippen LogP contribution in [0.25, 0.3) is 16.5 Å². The molecule has 0 aliphatic rings. The first-order valence-corrected chi connectivity index (χ1v) is 7.29. The average molecular weight is 296 g/mol. The molecule has 23 heavy (non-hydrogen) atoms. The molecule has 0 N–H and O–H groups in total. The van der Waals surface area contributed by atoms with Crippen molar-refractivity contribution in [2.24, 2.45) is 0 Å². The second-order valence-electron chi connectivity index (χ2n) is 5.14. The molecule has 0 radical (unpaired) electrons. The number of allylic oxidation sites excluding steroid dienone is 2. The quantitative estimate of drug-likeness (QED) is 0.547. The number of pyridine rings is 1. The van der Waals surface area contributed by atoms with Crippen LogP contribution in [0, 0.1) is 22.7 Å². The predicted molar refractivity (Wildman–Crippen MR) is 88.7 cm³/mol. The number of nitrogens with zero attached hydrogens (tertiary/aromatic N) is 3. The number of hydrogen-bond donors (Lipinski definition) is 0. The highest BCUT2D eigenvalue weighted by molar-refractivity contribution is 5.77. The number of rotatable bonds is 3. The zero-order valence-corrected chi connectivity index (χ0v) is 12.5. The Bertz CT molecular complexity index is 936.